The molecule has 0 fully saturated rings. The van der Waals surface area contributed by atoms with Gasteiger partial charge in [-0.15, -0.1) is 0 Å². The predicted molar refractivity (Wildman–Crippen MR) is 35.0 cm³/mol. The first-order valence-electron chi connectivity index (χ1n) is 2.36. The number of nitrogens with zero attached hydrogens (tertiary/aromatic N) is 1. The lowest BCUT2D eigenvalue weighted by atomic mass is 10.6. The highest BCUT2D eigenvalue weighted by Crippen LogP contribution is 1.83. The van der Waals surface area contributed by atoms with E-state index >= 15 is 0 Å². The molecule has 0 aromatic heterocycles. The van der Waals surface area contributed by atoms with E-state index in [1.807, 2.05) is 0 Å². The van der Waals surface area contributed by atoms with Gasteiger partial charge in [-0.1, -0.05) is 0 Å². The molecule has 0 saturated heterocycles. The third-order valence-electron chi connectivity index (χ3n) is 0.949. The first kappa shape index (κ1) is 10.0. The van der Waals surface area contributed by atoms with Gasteiger partial charge in [-0.05, 0) is 6.92 Å². The first-order chi connectivity index (χ1) is 2.56. The van der Waals surface area contributed by atoms with Gasteiger partial charge in [0.05, 0.1) is 27.7 Å². The fourth-order valence-corrected chi connectivity index (χ4v) is 0. The van der Waals surface area contributed by atoms with Gasteiger partial charge in [0.2, 0.25) is 0 Å². The zero-order chi connectivity index (χ0) is 5.21. The Kier molecular flexibility index (Phi) is 4.35. The predicted octanol–water partition coefficient (Wildman–Crippen LogP) is 1.16. The van der Waals surface area contributed by atoms with Gasteiger partial charge >= 0.3 is 0 Å². The molecule has 46 valence electrons. The second-order valence-corrected chi connectivity index (χ2v) is 2.61. The Balaban J connectivity index is 0. The van der Waals surface area contributed by atoms with Crippen LogP contribution >= 0.6 is 0 Å². The lowest BCUT2D eigenvalue weighted by Gasteiger charge is -2.20. The summed E-state index contributed by atoms with van der Waals surface area (Å²) in [5, 5.41) is 0. The van der Waals surface area contributed by atoms with E-state index in [9.17, 15) is 0 Å². The minimum absolute atomic E-state index is 0. The Hall–Kier alpha value is -0.0400. The van der Waals surface area contributed by atoms with Gasteiger partial charge in [-0.3, -0.25) is 0 Å². The molecule has 7 heavy (non-hydrogen) atoms. The number of hydrogen-bond donors (Lipinski definition) is 0. The Labute approximate surface area is 47.5 Å². The largest absolute Gasteiger partial charge is 0.358 e. The van der Waals surface area contributed by atoms with E-state index in [-0.39, 0.29) is 7.43 Å². The van der Waals surface area contributed by atoms with Gasteiger partial charge < -0.3 is 11.9 Å². The molecule has 1 heteroatoms. The molecular formula is C6H17N. The van der Waals surface area contributed by atoms with Crippen LogP contribution in [0.15, 0.2) is 0 Å². The van der Waals surface area contributed by atoms with E-state index in [0.29, 0.717) is 0 Å². The molecular weight excluding hydrogens is 86.1 g/mol. The number of rotatable bonds is 1. The van der Waals surface area contributed by atoms with Crippen molar-refractivity contribution in [2.24, 2.45) is 0 Å². The molecule has 0 spiro atoms. The highest BCUT2D eigenvalue weighted by molar-refractivity contribution is 4.06. The van der Waals surface area contributed by atoms with Crippen LogP contribution < -0.4 is 0 Å². The summed E-state index contributed by atoms with van der Waals surface area (Å²) in [4.78, 5) is 0. The molecule has 0 aromatic carbocycles. The van der Waals surface area contributed by atoms with Gasteiger partial charge in [-0.25, -0.2) is 0 Å². The van der Waals surface area contributed by atoms with Crippen LogP contribution in [0.5, 0.6) is 0 Å². The first-order valence-corrected chi connectivity index (χ1v) is 2.36. The van der Waals surface area contributed by atoms with Crippen molar-refractivity contribution in [3.63, 3.8) is 0 Å². The Morgan fingerprint density at radius 1 is 1.14 bits per heavy atom. The van der Waals surface area contributed by atoms with E-state index in [1.165, 1.54) is 6.54 Å². The van der Waals surface area contributed by atoms with Crippen LogP contribution in [0, 0.1) is 7.43 Å². The van der Waals surface area contributed by atoms with Gasteiger partial charge in [0, 0.05) is 0 Å². The van der Waals surface area contributed by atoms with E-state index < -0.39 is 0 Å². The summed E-state index contributed by atoms with van der Waals surface area (Å²) in [6, 6.07) is 0. The highest BCUT2D eigenvalue weighted by Gasteiger charge is 1.97. The van der Waals surface area contributed by atoms with Crippen molar-refractivity contribution >= 4 is 0 Å². The number of quaternary nitrogens is 1. The van der Waals surface area contributed by atoms with Crippen LogP contribution in [0.3, 0.4) is 0 Å². The van der Waals surface area contributed by atoms with Gasteiger partial charge in [0.15, 0.2) is 0 Å². The molecule has 0 heterocycles. The Bertz CT molecular complexity index is 33.9. The zero-order valence-electron chi connectivity index (χ0n) is 6.15. The topological polar surface area (TPSA) is 0 Å². The van der Waals surface area contributed by atoms with Crippen LogP contribution in [0.25, 0.3) is 0 Å². The second kappa shape index (κ2) is 3.03. The van der Waals surface area contributed by atoms with E-state index in [1.54, 1.807) is 0 Å². The maximum atomic E-state index is 2.18. The summed E-state index contributed by atoms with van der Waals surface area (Å²) in [6.45, 7) is 3.39. The van der Waals surface area contributed by atoms with Crippen molar-refractivity contribution in [2.45, 2.75) is 6.92 Å². The normalized spacial score (nSPS) is 10.3. The highest BCUT2D eigenvalue weighted by atomic mass is 15.3. The molecule has 1 nitrogen and oxygen atoms in total. The average Bonchev–Trinajstić information content (AvgIpc) is 1.35. The van der Waals surface area contributed by atoms with Crippen LogP contribution in [-0.4, -0.2) is 32.2 Å². The smallest absolute Gasteiger partial charge is 0.0751 e. The third kappa shape index (κ3) is 10.7. The van der Waals surface area contributed by atoms with Crippen molar-refractivity contribution in [3.05, 3.63) is 7.43 Å². The minimum Gasteiger partial charge on any atom is -0.358 e. The molecule has 0 aliphatic heterocycles. The Morgan fingerprint density at radius 3 is 1.29 bits per heavy atom. The van der Waals surface area contributed by atoms with Crippen LogP contribution in [-0.2, 0) is 0 Å². The Morgan fingerprint density at radius 2 is 1.29 bits per heavy atom. The van der Waals surface area contributed by atoms with Gasteiger partial charge in [0.25, 0.3) is 0 Å². The lowest BCUT2D eigenvalue weighted by Crippen LogP contribution is -2.33. The molecule has 0 saturated carbocycles. The SMILES string of the molecule is CC[N+](C)(C)C.[CH3-]. The van der Waals surface area contributed by atoms with Gasteiger partial charge in [0.1, 0.15) is 0 Å². The maximum Gasteiger partial charge on any atom is 0.0751 e. The van der Waals surface area contributed by atoms with Crippen molar-refractivity contribution in [1.29, 1.82) is 0 Å². The summed E-state index contributed by atoms with van der Waals surface area (Å²) in [7, 11) is 6.54. The second-order valence-electron chi connectivity index (χ2n) is 2.61. The summed E-state index contributed by atoms with van der Waals surface area (Å²) in [5.41, 5.74) is 0. The average molecular weight is 103 g/mol. The summed E-state index contributed by atoms with van der Waals surface area (Å²) >= 11 is 0. The summed E-state index contributed by atoms with van der Waals surface area (Å²) in [5.74, 6) is 0. The van der Waals surface area contributed by atoms with Crippen molar-refractivity contribution in [3.8, 4) is 0 Å². The third-order valence-corrected chi connectivity index (χ3v) is 0.949. The van der Waals surface area contributed by atoms with Crippen molar-refractivity contribution in [1.82, 2.24) is 0 Å². The molecule has 0 rings (SSSR count). The quantitative estimate of drug-likeness (QED) is 0.345. The van der Waals surface area contributed by atoms with Crippen LogP contribution in [0.4, 0.5) is 0 Å². The zero-order valence-corrected chi connectivity index (χ0v) is 6.15. The summed E-state index contributed by atoms with van der Waals surface area (Å²) in [6.07, 6.45) is 0. The summed E-state index contributed by atoms with van der Waals surface area (Å²) < 4.78 is 1.07. The molecule has 0 amide bonds. The fraction of sp³-hybridized carbons (Fsp3) is 0.833. The molecule has 0 radical (unpaired) electrons. The van der Waals surface area contributed by atoms with Crippen molar-refractivity contribution in [2.75, 3.05) is 27.7 Å². The van der Waals surface area contributed by atoms with Crippen LogP contribution in [0.2, 0.25) is 0 Å². The minimum atomic E-state index is 0. The molecule has 0 N–H and O–H groups in total. The molecule has 0 atom stereocenters. The van der Waals surface area contributed by atoms with E-state index in [4.69, 9.17) is 0 Å². The fourth-order valence-electron chi connectivity index (χ4n) is 0. The molecule has 0 bridgehead atoms. The monoisotopic (exact) mass is 103 g/mol. The molecule has 0 aliphatic rings. The molecule has 0 aliphatic carbocycles. The maximum absolute atomic E-state index is 2.18. The van der Waals surface area contributed by atoms with Crippen LogP contribution in [0.1, 0.15) is 6.92 Å². The molecule has 0 aromatic rings. The standard InChI is InChI=1S/C5H14N.CH3/c1-5-6(2,3)4;/h5H2,1-4H3;1H3/q+1;-1. The van der Waals surface area contributed by atoms with E-state index in [2.05, 4.69) is 28.1 Å². The lowest BCUT2D eigenvalue weighted by molar-refractivity contribution is -0.868. The molecule has 0 unspecified atom stereocenters. The van der Waals surface area contributed by atoms with Gasteiger partial charge in [-0.2, -0.15) is 0 Å². The van der Waals surface area contributed by atoms with E-state index in [0.717, 1.165) is 4.48 Å². The van der Waals surface area contributed by atoms with Crippen molar-refractivity contribution < 1.29 is 4.48 Å². The number of hydrogen-bond acceptors (Lipinski definition) is 0.